The highest BCUT2D eigenvalue weighted by Crippen LogP contribution is 2.23. The van der Waals surface area contributed by atoms with Gasteiger partial charge >= 0.3 is 0 Å². The number of methoxy groups -OCH3 is 2. The van der Waals surface area contributed by atoms with Crippen LogP contribution in [0.25, 0.3) is 6.08 Å². The van der Waals surface area contributed by atoms with E-state index >= 15 is 0 Å². The lowest BCUT2D eigenvalue weighted by atomic mass is 10.1. The van der Waals surface area contributed by atoms with Crippen molar-refractivity contribution < 1.29 is 19.1 Å². The lowest BCUT2D eigenvalue weighted by Crippen LogP contribution is -2.37. The van der Waals surface area contributed by atoms with Crippen LogP contribution in [-0.2, 0) is 9.59 Å². The molecular weight excluding hydrogens is 270 g/mol. The van der Waals surface area contributed by atoms with E-state index in [1.165, 1.54) is 17.1 Å². The third-order valence-electron chi connectivity index (χ3n) is 3.10. The molecule has 0 aromatic heterocycles. The van der Waals surface area contributed by atoms with E-state index in [-0.39, 0.29) is 11.8 Å². The van der Waals surface area contributed by atoms with Crippen LogP contribution in [0.4, 0.5) is 0 Å². The molecule has 0 spiro atoms. The second-order valence-electron chi connectivity index (χ2n) is 4.50. The zero-order chi connectivity index (χ0) is 15.2. The molecule has 0 radical (unpaired) electrons. The summed E-state index contributed by atoms with van der Waals surface area (Å²) in [5.41, 5.74) is 0.763. The summed E-state index contributed by atoms with van der Waals surface area (Å²) in [6.45, 7) is 0.417. The summed E-state index contributed by atoms with van der Waals surface area (Å²) in [6, 6.07) is 5.31. The highest BCUT2D eigenvalue weighted by Gasteiger charge is 2.18. The van der Waals surface area contributed by atoms with Crippen LogP contribution in [0, 0.1) is 0 Å². The second-order valence-corrected chi connectivity index (χ2v) is 4.50. The molecule has 2 rings (SSSR count). The molecule has 0 bridgehead atoms. The predicted molar refractivity (Wildman–Crippen MR) is 79.1 cm³/mol. The highest BCUT2D eigenvalue weighted by molar-refractivity contribution is 6.06. The van der Waals surface area contributed by atoms with Gasteiger partial charge in [-0.3, -0.25) is 14.5 Å². The van der Waals surface area contributed by atoms with Crippen molar-refractivity contribution in [2.75, 3.05) is 20.8 Å². The van der Waals surface area contributed by atoms with Gasteiger partial charge in [-0.15, -0.1) is 0 Å². The van der Waals surface area contributed by atoms with Crippen LogP contribution < -0.4 is 9.47 Å². The molecule has 110 valence electrons. The van der Waals surface area contributed by atoms with Crippen molar-refractivity contribution >= 4 is 17.9 Å². The van der Waals surface area contributed by atoms with Gasteiger partial charge in [-0.05, 0) is 36.3 Å². The first-order chi connectivity index (χ1) is 10.1. The standard InChI is InChI=1S/C16H17NO4/c1-20-13-9-12(10-14(11-13)21-2)6-7-16(19)17-8-4-3-5-15(17)18/h3,5-7,9-11H,4,8H2,1-2H3/b7-6+. The number of carbonyl (C=O) groups excluding carboxylic acids is 2. The molecule has 5 heteroatoms. The molecule has 1 heterocycles. The van der Waals surface area contributed by atoms with Crippen LogP contribution in [-0.4, -0.2) is 37.5 Å². The van der Waals surface area contributed by atoms with Crippen LogP contribution in [0.2, 0.25) is 0 Å². The summed E-state index contributed by atoms with van der Waals surface area (Å²) in [4.78, 5) is 24.8. The van der Waals surface area contributed by atoms with Gasteiger partial charge in [0.2, 0.25) is 0 Å². The Morgan fingerprint density at radius 1 is 1.19 bits per heavy atom. The molecule has 1 aliphatic heterocycles. The first kappa shape index (κ1) is 14.8. The number of benzene rings is 1. The van der Waals surface area contributed by atoms with Crippen molar-refractivity contribution in [2.45, 2.75) is 6.42 Å². The molecule has 0 fully saturated rings. The average Bonchev–Trinajstić information content (AvgIpc) is 2.52. The van der Waals surface area contributed by atoms with Gasteiger partial charge in [-0.2, -0.15) is 0 Å². The third kappa shape index (κ3) is 3.72. The minimum absolute atomic E-state index is 0.279. The van der Waals surface area contributed by atoms with Crippen LogP contribution >= 0.6 is 0 Å². The Kier molecular flexibility index (Phi) is 4.77. The van der Waals surface area contributed by atoms with E-state index < -0.39 is 0 Å². The molecule has 5 nitrogen and oxygen atoms in total. The molecule has 0 N–H and O–H groups in total. The fourth-order valence-corrected chi connectivity index (χ4v) is 1.99. The summed E-state index contributed by atoms with van der Waals surface area (Å²) < 4.78 is 10.3. The summed E-state index contributed by atoms with van der Waals surface area (Å²) in [7, 11) is 3.12. The molecule has 1 aromatic carbocycles. The molecule has 0 saturated carbocycles. The minimum atomic E-state index is -0.328. The van der Waals surface area contributed by atoms with E-state index in [1.807, 2.05) is 0 Å². The zero-order valence-electron chi connectivity index (χ0n) is 12.0. The maximum atomic E-state index is 12.0. The predicted octanol–water partition coefficient (Wildman–Crippen LogP) is 2.03. The van der Waals surface area contributed by atoms with Crippen molar-refractivity contribution in [3.8, 4) is 11.5 Å². The molecule has 0 unspecified atom stereocenters. The van der Waals surface area contributed by atoms with Crippen LogP contribution in [0.5, 0.6) is 11.5 Å². The lowest BCUT2D eigenvalue weighted by Gasteiger charge is -2.19. The maximum Gasteiger partial charge on any atom is 0.253 e. The van der Waals surface area contributed by atoms with Crippen LogP contribution in [0.15, 0.2) is 36.4 Å². The lowest BCUT2D eigenvalue weighted by molar-refractivity contribution is -0.139. The molecule has 0 aliphatic carbocycles. The third-order valence-corrected chi connectivity index (χ3v) is 3.10. The van der Waals surface area contributed by atoms with Crippen LogP contribution in [0.3, 0.4) is 0 Å². The number of hydrogen-bond donors (Lipinski definition) is 0. The van der Waals surface area contributed by atoms with Crippen molar-refractivity contribution in [2.24, 2.45) is 0 Å². The fraction of sp³-hybridized carbons (Fsp3) is 0.250. The Morgan fingerprint density at radius 2 is 1.86 bits per heavy atom. The van der Waals surface area contributed by atoms with Gasteiger partial charge < -0.3 is 9.47 Å². The number of ether oxygens (including phenoxy) is 2. The van der Waals surface area contributed by atoms with Gasteiger partial charge in [0.15, 0.2) is 0 Å². The first-order valence-corrected chi connectivity index (χ1v) is 6.57. The number of hydrogen-bond acceptors (Lipinski definition) is 4. The van der Waals surface area contributed by atoms with Crippen molar-refractivity contribution in [3.63, 3.8) is 0 Å². The number of nitrogens with zero attached hydrogens (tertiary/aromatic N) is 1. The Labute approximate surface area is 123 Å². The summed E-state index contributed by atoms with van der Waals surface area (Å²) in [6.07, 6.45) is 6.90. The Bertz CT molecular complexity index is 582. The molecule has 0 atom stereocenters. The van der Waals surface area contributed by atoms with E-state index in [0.29, 0.717) is 24.5 Å². The number of imide groups is 1. The molecule has 0 saturated heterocycles. The number of carbonyl (C=O) groups is 2. The highest BCUT2D eigenvalue weighted by atomic mass is 16.5. The van der Waals surface area contributed by atoms with Crippen LogP contribution in [0.1, 0.15) is 12.0 Å². The van der Waals surface area contributed by atoms with Gasteiger partial charge in [-0.1, -0.05) is 6.08 Å². The smallest absolute Gasteiger partial charge is 0.253 e. The molecule has 1 aromatic rings. The molecular formula is C16H17NO4. The summed E-state index contributed by atoms with van der Waals surface area (Å²) in [5, 5.41) is 0. The normalized spacial score (nSPS) is 14.6. The number of amides is 2. The quantitative estimate of drug-likeness (QED) is 0.795. The molecule has 1 aliphatic rings. The number of rotatable bonds is 4. The SMILES string of the molecule is COc1cc(/C=C/C(=O)N2CCC=CC2=O)cc(OC)c1. The van der Waals surface area contributed by atoms with E-state index in [0.717, 1.165) is 5.56 Å². The van der Waals surface area contributed by atoms with E-state index in [2.05, 4.69) is 0 Å². The van der Waals surface area contributed by atoms with Gasteiger partial charge in [-0.25, -0.2) is 0 Å². The molecule has 21 heavy (non-hydrogen) atoms. The first-order valence-electron chi connectivity index (χ1n) is 6.57. The Balaban J connectivity index is 2.15. The fourth-order valence-electron chi connectivity index (χ4n) is 1.99. The van der Waals surface area contributed by atoms with Gasteiger partial charge in [0.25, 0.3) is 11.8 Å². The Morgan fingerprint density at radius 3 is 2.43 bits per heavy atom. The van der Waals surface area contributed by atoms with Crippen molar-refractivity contribution in [1.82, 2.24) is 4.90 Å². The monoisotopic (exact) mass is 287 g/mol. The van der Waals surface area contributed by atoms with Crippen molar-refractivity contribution in [1.29, 1.82) is 0 Å². The van der Waals surface area contributed by atoms with Crippen molar-refractivity contribution in [3.05, 3.63) is 42.0 Å². The molecule has 2 amide bonds. The maximum absolute atomic E-state index is 12.0. The average molecular weight is 287 g/mol. The van der Waals surface area contributed by atoms with Gasteiger partial charge in [0.1, 0.15) is 11.5 Å². The summed E-state index contributed by atoms with van der Waals surface area (Å²) in [5.74, 6) is 0.669. The topological polar surface area (TPSA) is 55.8 Å². The van der Waals surface area contributed by atoms with E-state index in [1.54, 1.807) is 44.6 Å². The van der Waals surface area contributed by atoms with Gasteiger partial charge in [0.05, 0.1) is 14.2 Å². The zero-order valence-corrected chi connectivity index (χ0v) is 12.0. The second kappa shape index (κ2) is 6.74. The van der Waals surface area contributed by atoms with Gasteiger partial charge in [0, 0.05) is 18.7 Å². The Hall–Kier alpha value is -2.56. The minimum Gasteiger partial charge on any atom is -0.497 e. The van der Waals surface area contributed by atoms with E-state index in [4.69, 9.17) is 9.47 Å². The largest absolute Gasteiger partial charge is 0.497 e. The van der Waals surface area contributed by atoms with E-state index in [9.17, 15) is 9.59 Å². The summed E-state index contributed by atoms with van der Waals surface area (Å²) >= 11 is 0.